The lowest BCUT2D eigenvalue weighted by Gasteiger charge is -2.25. The molecule has 0 saturated carbocycles. The van der Waals surface area contributed by atoms with Crippen molar-refractivity contribution in [2.45, 2.75) is 13.5 Å². The quantitative estimate of drug-likeness (QED) is 0.905. The van der Waals surface area contributed by atoms with Crippen molar-refractivity contribution in [3.63, 3.8) is 0 Å². The average molecular weight is 273 g/mol. The molecular weight excluding hydrogens is 257 g/mol. The van der Waals surface area contributed by atoms with Crippen molar-refractivity contribution in [3.05, 3.63) is 65.5 Å². The minimum absolute atomic E-state index is 0.0113. The molecule has 0 aromatic heterocycles. The molecule has 4 heteroatoms. The van der Waals surface area contributed by atoms with Gasteiger partial charge >= 0.3 is 5.97 Å². The normalized spacial score (nSPS) is 10.3. The second-order valence-corrected chi connectivity index (χ2v) is 4.47. The van der Waals surface area contributed by atoms with Gasteiger partial charge in [-0.1, -0.05) is 30.3 Å². The highest BCUT2D eigenvalue weighted by Gasteiger charge is 2.16. The standard InChI is InChI=1S/C16H16FNO2/c1-2-18(11-12-6-4-3-5-7-12)15-9-8-13(17)10-14(15)16(19)20/h3-10H,2,11H2,1H3,(H,19,20). The van der Waals surface area contributed by atoms with Gasteiger partial charge in [-0.15, -0.1) is 0 Å². The molecule has 0 aliphatic rings. The number of benzene rings is 2. The zero-order chi connectivity index (χ0) is 14.5. The molecule has 1 N–H and O–H groups in total. The third kappa shape index (κ3) is 3.15. The molecule has 20 heavy (non-hydrogen) atoms. The fourth-order valence-corrected chi connectivity index (χ4v) is 2.13. The van der Waals surface area contributed by atoms with E-state index in [4.69, 9.17) is 0 Å². The first-order valence-electron chi connectivity index (χ1n) is 6.43. The first kappa shape index (κ1) is 14.1. The first-order chi connectivity index (χ1) is 9.61. The van der Waals surface area contributed by atoms with Crippen LogP contribution in [-0.4, -0.2) is 17.6 Å². The molecule has 0 radical (unpaired) electrons. The fraction of sp³-hybridized carbons (Fsp3) is 0.188. The summed E-state index contributed by atoms with van der Waals surface area (Å²) in [7, 11) is 0. The fourth-order valence-electron chi connectivity index (χ4n) is 2.13. The van der Waals surface area contributed by atoms with E-state index >= 15 is 0 Å². The molecule has 2 aromatic carbocycles. The highest BCUT2D eigenvalue weighted by atomic mass is 19.1. The first-order valence-corrected chi connectivity index (χ1v) is 6.43. The van der Waals surface area contributed by atoms with E-state index in [2.05, 4.69) is 0 Å². The van der Waals surface area contributed by atoms with Crippen molar-refractivity contribution in [2.24, 2.45) is 0 Å². The summed E-state index contributed by atoms with van der Waals surface area (Å²) < 4.78 is 13.2. The van der Waals surface area contributed by atoms with Crippen molar-refractivity contribution in [1.82, 2.24) is 0 Å². The van der Waals surface area contributed by atoms with E-state index in [9.17, 15) is 14.3 Å². The minimum Gasteiger partial charge on any atom is -0.478 e. The monoisotopic (exact) mass is 273 g/mol. The van der Waals surface area contributed by atoms with E-state index < -0.39 is 11.8 Å². The summed E-state index contributed by atoms with van der Waals surface area (Å²) in [6.07, 6.45) is 0. The second kappa shape index (κ2) is 6.19. The number of anilines is 1. The SMILES string of the molecule is CCN(Cc1ccccc1)c1ccc(F)cc1C(=O)O. The lowest BCUT2D eigenvalue weighted by Crippen LogP contribution is -2.24. The number of nitrogens with zero attached hydrogens (tertiary/aromatic N) is 1. The second-order valence-electron chi connectivity index (χ2n) is 4.47. The molecule has 0 saturated heterocycles. The zero-order valence-corrected chi connectivity index (χ0v) is 11.2. The van der Waals surface area contributed by atoms with Crippen molar-refractivity contribution >= 4 is 11.7 Å². The number of halogens is 1. The molecule has 0 atom stereocenters. The van der Waals surface area contributed by atoms with Crippen LogP contribution in [0.15, 0.2) is 48.5 Å². The topological polar surface area (TPSA) is 40.5 Å². The number of hydrogen-bond donors (Lipinski definition) is 1. The van der Waals surface area contributed by atoms with Crippen LogP contribution in [0.1, 0.15) is 22.8 Å². The molecule has 104 valence electrons. The van der Waals surface area contributed by atoms with Gasteiger partial charge in [0.25, 0.3) is 0 Å². The Bertz CT molecular complexity index is 599. The van der Waals surface area contributed by atoms with Gasteiger partial charge in [-0.25, -0.2) is 9.18 Å². The predicted octanol–water partition coefficient (Wildman–Crippen LogP) is 3.55. The van der Waals surface area contributed by atoms with Crippen LogP contribution in [0.3, 0.4) is 0 Å². The van der Waals surface area contributed by atoms with Crippen LogP contribution < -0.4 is 4.90 Å². The van der Waals surface area contributed by atoms with Gasteiger partial charge in [0, 0.05) is 13.1 Å². The highest BCUT2D eigenvalue weighted by molar-refractivity contribution is 5.94. The van der Waals surface area contributed by atoms with Gasteiger partial charge in [0.15, 0.2) is 0 Å². The molecule has 0 aliphatic carbocycles. The molecule has 0 amide bonds. The lowest BCUT2D eigenvalue weighted by molar-refractivity contribution is 0.0697. The maximum Gasteiger partial charge on any atom is 0.337 e. The van der Waals surface area contributed by atoms with Crippen LogP contribution in [0.4, 0.5) is 10.1 Å². The summed E-state index contributed by atoms with van der Waals surface area (Å²) in [5, 5.41) is 9.21. The minimum atomic E-state index is -1.12. The number of rotatable bonds is 5. The Balaban J connectivity index is 2.34. The van der Waals surface area contributed by atoms with E-state index in [0.717, 1.165) is 11.6 Å². The summed E-state index contributed by atoms with van der Waals surface area (Å²) in [6.45, 7) is 3.17. The highest BCUT2D eigenvalue weighted by Crippen LogP contribution is 2.23. The Morgan fingerprint density at radius 2 is 1.90 bits per heavy atom. The molecule has 0 aliphatic heterocycles. The van der Waals surface area contributed by atoms with Crippen molar-refractivity contribution in [1.29, 1.82) is 0 Å². The van der Waals surface area contributed by atoms with Gasteiger partial charge in [0.1, 0.15) is 5.82 Å². The van der Waals surface area contributed by atoms with Crippen molar-refractivity contribution in [2.75, 3.05) is 11.4 Å². The van der Waals surface area contributed by atoms with E-state index in [0.29, 0.717) is 18.8 Å². The van der Waals surface area contributed by atoms with E-state index in [1.165, 1.54) is 12.1 Å². The number of carboxylic acids is 1. The number of carboxylic acid groups (broad SMARTS) is 1. The maximum absolute atomic E-state index is 13.2. The van der Waals surface area contributed by atoms with Crippen molar-refractivity contribution in [3.8, 4) is 0 Å². The molecular formula is C16H16FNO2. The van der Waals surface area contributed by atoms with Gasteiger partial charge in [0.2, 0.25) is 0 Å². The molecule has 2 aromatic rings. The Morgan fingerprint density at radius 3 is 2.50 bits per heavy atom. The summed E-state index contributed by atoms with van der Waals surface area (Å²) >= 11 is 0. The van der Waals surface area contributed by atoms with Gasteiger partial charge in [-0.3, -0.25) is 0 Å². The van der Waals surface area contributed by atoms with Gasteiger partial charge < -0.3 is 10.0 Å². The van der Waals surface area contributed by atoms with Crippen LogP contribution in [0.25, 0.3) is 0 Å². The summed E-state index contributed by atoms with van der Waals surface area (Å²) in [5.41, 5.74) is 1.60. The van der Waals surface area contributed by atoms with E-state index in [1.54, 1.807) is 0 Å². The van der Waals surface area contributed by atoms with E-state index in [-0.39, 0.29) is 5.56 Å². The molecule has 0 unspecified atom stereocenters. The van der Waals surface area contributed by atoms with Gasteiger partial charge in [0.05, 0.1) is 11.3 Å². The Hall–Kier alpha value is -2.36. The van der Waals surface area contributed by atoms with Crippen LogP contribution in [-0.2, 0) is 6.54 Å². The van der Waals surface area contributed by atoms with Crippen LogP contribution in [0, 0.1) is 5.82 Å². The summed E-state index contributed by atoms with van der Waals surface area (Å²) in [6, 6.07) is 13.6. The third-order valence-corrected chi connectivity index (χ3v) is 3.13. The molecule has 0 spiro atoms. The average Bonchev–Trinajstić information content (AvgIpc) is 2.46. The predicted molar refractivity (Wildman–Crippen MR) is 76.5 cm³/mol. The molecule has 2 rings (SSSR count). The Kier molecular flexibility index (Phi) is 4.35. The van der Waals surface area contributed by atoms with Crippen LogP contribution in [0.2, 0.25) is 0 Å². The molecule has 0 bridgehead atoms. The summed E-state index contributed by atoms with van der Waals surface area (Å²) in [4.78, 5) is 13.2. The van der Waals surface area contributed by atoms with Gasteiger partial charge in [-0.2, -0.15) is 0 Å². The maximum atomic E-state index is 13.2. The number of hydrogen-bond acceptors (Lipinski definition) is 2. The van der Waals surface area contributed by atoms with Crippen LogP contribution >= 0.6 is 0 Å². The zero-order valence-electron chi connectivity index (χ0n) is 11.2. The third-order valence-electron chi connectivity index (χ3n) is 3.13. The number of carbonyl (C=O) groups is 1. The van der Waals surface area contributed by atoms with Crippen molar-refractivity contribution < 1.29 is 14.3 Å². The molecule has 0 heterocycles. The lowest BCUT2D eigenvalue weighted by atomic mass is 10.1. The Morgan fingerprint density at radius 1 is 1.20 bits per heavy atom. The van der Waals surface area contributed by atoms with Gasteiger partial charge in [-0.05, 0) is 30.7 Å². The molecule has 3 nitrogen and oxygen atoms in total. The molecule has 0 fully saturated rings. The van der Waals surface area contributed by atoms with Crippen LogP contribution in [0.5, 0.6) is 0 Å². The summed E-state index contributed by atoms with van der Waals surface area (Å²) in [5.74, 6) is -1.66. The smallest absolute Gasteiger partial charge is 0.337 e. The Labute approximate surface area is 117 Å². The van der Waals surface area contributed by atoms with E-state index in [1.807, 2.05) is 42.2 Å². The number of aromatic carboxylic acids is 1. The largest absolute Gasteiger partial charge is 0.478 e.